The molecule has 7 aromatic carbocycles. The van der Waals surface area contributed by atoms with Gasteiger partial charge in [-0.15, -0.1) is 0 Å². The van der Waals surface area contributed by atoms with Crippen LogP contribution in [0.2, 0.25) is 50.2 Å². The second-order valence-electron chi connectivity index (χ2n) is 21.9. The van der Waals surface area contributed by atoms with Crippen LogP contribution < -0.4 is 4.74 Å². The zero-order chi connectivity index (χ0) is 59.7. The maximum atomic E-state index is 5.91. The molecule has 0 aromatic heterocycles. The summed E-state index contributed by atoms with van der Waals surface area (Å²) in [4.78, 5) is 0. The number of hydrogen-bond acceptors (Lipinski definition) is 1. The van der Waals surface area contributed by atoms with Crippen LogP contribution in [0.15, 0.2) is 152 Å². The molecule has 7 aromatic rings. The van der Waals surface area contributed by atoms with E-state index in [2.05, 4.69) is 151 Å². The summed E-state index contributed by atoms with van der Waals surface area (Å²) in [5.41, 5.74) is 7.67. The molecule has 1 unspecified atom stereocenters. The van der Waals surface area contributed by atoms with Gasteiger partial charge >= 0.3 is 0 Å². The maximum Gasteiger partial charge on any atom is 0.122 e. The Kier molecular flexibility index (Phi) is 34.3. The minimum atomic E-state index is 0.138. The Bertz CT molecular complexity index is 2480. The Hall–Kier alpha value is -2.76. The molecule has 79 heavy (non-hydrogen) atoms. The van der Waals surface area contributed by atoms with Crippen LogP contribution in [-0.4, -0.2) is 6.10 Å². The third-order valence-electron chi connectivity index (χ3n) is 13.0. The van der Waals surface area contributed by atoms with Crippen LogP contribution >= 0.6 is 116 Å². The number of ether oxygens (including phenoxy) is 1. The summed E-state index contributed by atoms with van der Waals surface area (Å²) in [5.74, 6) is 5.77. The van der Waals surface area contributed by atoms with E-state index in [0.29, 0.717) is 69.1 Å². The van der Waals surface area contributed by atoms with E-state index in [-0.39, 0.29) is 6.10 Å². The lowest BCUT2D eigenvalue weighted by Crippen LogP contribution is -2.08. The number of rotatable bonds is 13. The second kappa shape index (κ2) is 37.4. The molecular weight excluding hydrogens is 1190 g/mol. The van der Waals surface area contributed by atoms with E-state index in [1.165, 1.54) is 33.4 Å². The van der Waals surface area contributed by atoms with E-state index in [0.717, 1.165) is 46.6 Å². The number of benzene rings is 7. The Balaban J connectivity index is 0.000000325. The van der Waals surface area contributed by atoms with Gasteiger partial charge in [0.1, 0.15) is 5.75 Å². The fourth-order valence-electron chi connectivity index (χ4n) is 8.02. The van der Waals surface area contributed by atoms with Crippen molar-refractivity contribution < 1.29 is 4.74 Å². The first kappa shape index (κ1) is 72.3. The van der Waals surface area contributed by atoms with Crippen molar-refractivity contribution in [3.8, 4) is 5.75 Å². The van der Waals surface area contributed by atoms with E-state index >= 15 is 0 Å². The first-order valence-corrected chi connectivity index (χ1v) is 30.8. The van der Waals surface area contributed by atoms with Gasteiger partial charge in [0.2, 0.25) is 0 Å². The molecule has 0 fully saturated rings. The van der Waals surface area contributed by atoms with Crippen LogP contribution in [0.25, 0.3) is 0 Å². The molecule has 0 spiro atoms. The number of hydrogen-bond donors (Lipinski definition) is 0. The summed E-state index contributed by atoms with van der Waals surface area (Å²) in [5, 5.41) is 6.94. The Morgan fingerprint density at radius 1 is 0.291 bits per heavy atom. The molecule has 7 rings (SSSR count). The molecule has 0 aliphatic rings. The summed E-state index contributed by atoms with van der Waals surface area (Å²) in [6, 6.07) is 49.6. The van der Waals surface area contributed by atoms with Crippen LogP contribution in [0, 0.1) is 29.6 Å². The Labute approximate surface area is 526 Å². The van der Waals surface area contributed by atoms with Gasteiger partial charge in [0.15, 0.2) is 0 Å². The summed E-state index contributed by atoms with van der Waals surface area (Å²) in [7, 11) is 0. The smallest absolute Gasteiger partial charge is 0.122 e. The standard InChI is InChI=1S/C16H18.3C11H14Cl2.C10H12Cl2.C9H10Cl2O/c1-13(2)16(14-9-5-3-6-10-14)15-11-7-4-8-12-15;3*1-7(2)8(3)9-4-10(12)6-11(13)5-9;1-7(2)3-8-4-9(11)6-10(12)5-8;1-6(2)12-9-4-7(10)3-8(11)5-9/h3-13,16H,1-2H3;3*4-8H,1-3H3;4-7H,3H2,1-2H3;3-6H,1-2H3/t;2*8-;;;/m.10.../s1. The molecule has 0 aliphatic heterocycles. The first-order valence-electron chi connectivity index (χ1n) is 27.0. The van der Waals surface area contributed by atoms with E-state index in [9.17, 15) is 0 Å². The van der Waals surface area contributed by atoms with Crippen molar-refractivity contribution in [1.29, 1.82) is 0 Å². The monoisotopic (exact) mass is 1260 g/mol. The lowest BCUT2D eigenvalue weighted by molar-refractivity contribution is 0.242. The van der Waals surface area contributed by atoms with Crippen LogP contribution in [-0.2, 0) is 6.42 Å². The summed E-state index contributed by atoms with van der Waals surface area (Å²) < 4.78 is 5.41. The normalized spacial score (nSPS) is 12.1. The van der Waals surface area contributed by atoms with Crippen LogP contribution in [0.5, 0.6) is 5.75 Å². The molecule has 3 atom stereocenters. The highest BCUT2D eigenvalue weighted by Crippen LogP contribution is 2.34. The summed E-state index contributed by atoms with van der Waals surface area (Å²) in [6.45, 7) is 32.5. The molecule has 0 bridgehead atoms. The van der Waals surface area contributed by atoms with Crippen molar-refractivity contribution in [3.63, 3.8) is 0 Å². The second-order valence-corrected chi connectivity index (χ2v) is 26.3. The fraction of sp³-hybridized carbons (Fsp3) is 0.382. The molecule has 0 amide bonds. The zero-order valence-electron chi connectivity index (χ0n) is 48.6. The van der Waals surface area contributed by atoms with E-state index < -0.39 is 0 Å². The Morgan fingerprint density at radius 3 is 0.772 bits per heavy atom. The molecule has 0 saturated heterocycles. The molecule has 0 aliphatic carbocycles. The average molecular weight is 1270 g/mol. The van der Waals surface area contributed by atoms with Gasteiger partial charge in [-0.05, 0) is 192 Å². The summed E-state index contributed by atoms with van der Waals surface area (Å²) in [6.07, 6.45) is 1.17. The van der Waals surface area contributed by atoms with Crippen molar-refractivity contribution in [2.45, 2.75) is 140 Å². The molecule has 0 radical (unpaired) electrons. The van der Waals surface area contributed by atoms with Crippen LogP contribution in [0.3, 0.4) is 0 Å². The average Bonchev–Trinajstić information content (AvgIpc) is 3.33. The minimum Gasteiger partial charge on any atom is -0.491 e. The fourth-order valence-corrected chi connectivity index (χ4v) is 10.7. The van der Waals surface area contributed by atoms with E-state index in [4.69, 9.17) is 121 Å². The third kappa shape index (κ3) is 29.4. The first-order chi connectivity index (χ1) is 36.9. The van der Waals surface area contributed by atoms with Gasteiger partial charge in [-0.3, -0.25) is 0 Å². The molecule has 430 valence electrons. The number of halogens is 10. The van der Waals surface area contributed by atoms with Gasteiger partial charge in [-0.1, -0.05) is 267 Å². The maximum absolute atomic E-state index is 5.91. The van der Waals surface area contributed by atoms with E-state index in [1.807, 2.05) is 62.4 Å². The van der Waals surface area contributed by atoms with Crippen LogP contribution in [0.1, 0.15) is 161 Å². The molecule has 11 heteroatoms. The topological polar surface area (TPSA) is 9.23 Å². The molecular formula is C68H82Cl10O. The minimum absolute atomic E-state index is 0.138. The molecule has 0 saturated carbocycles. The molecule has 1 nitrogen and oxygen atoms in total. The van der Waals surface area contributed by atoms with Gasteiger partial charge in [0, 0.05) is 56.1 Å². The van der Waals surface area contributed by atoms with Crippen molar-refractivity contribution in [2.75, 3.05) is 0 Å². The Morgan fingerprint density at radius 2 is 0.544 bits per heavy atom. The molecule has 0 heterocycles. The SMILES string of the molecule is CC(C)C(C)c1cc(Cl)cc(Cl)c1.CC(C)C(c1ccccc1)c1ccccc1.CC(C)Cc1cc(Cl)cc(Cl)c1.CC(C)Oc1cc(Cl)cc(Cl)c1.CC(C)[C@@H](C)c1cc(Cl)cc(Cl)c1.CC(C)[C@H](C)c1cc(Cl)cc(Cl)c1. The highest BCUT2D eigenvalue weighted by atomic mass is 35.5. The van der Waals surface area contributed by atoms with Gasteiger partial charge < -0.3 is 4.74 Å². The lowest BCUT2D eigenvalue weighted by atomic mass is 9.83. The van der Waals surface area contributed by atoms with Gasteiger partial charge in [-0.2, -0.15) is 0 Å². The van der Waals surface area contributed by atoms with Crippen molar-refractivity contribution >= 4 is 116 Å². The zero-order valence-corrected chi connectivity index (χ0v) is 56.2. The van der Waals surface area contributed by atoms with Crippen LogP contribution in [0.4, 0.5) is 0 Å². The largest absolute Gasteiger partial charge is 0.491 e. The predicted octanol–water partition coefficient (Wildman–Crippen LogP) is 26.7. The van der Waals surface area contributed by atoms with Crippen molar-refractivity contribution in [2.24, 2.45) is 29.6 Å². The van der Waals surface area contributed by atoms with Gasteiger partial charge in [0.05, 0.1) is 6.10 Å². The summed E-state index contributed by atoms with van der Waals surface area (Å²) >= 11 is 58.7. The molecule has 0 N–H and O–H groups in total. The van der Waals surface area contributed by atoms with Gasteiger partial charge in [-0.25, -0.2) is 0 Å². The van der Waals surface area contributed by atoms with Crippen molar-refractivity contribution in [1.82, 2.24) is 0 Å². The predicted molar refractivity (Wildman–Crippen MR) is 356 cm³/mol. The van der Waals surface area contributed by atoms with Gasteiger partial charge in [0.25, 0.3) is 0 Å². The van der Waals surface area contributed by atoms with Crippen molar-refractivity contribution in [3.05, 3.63) is 235 Å². The quantitative estimate of drug-likeness (QED) is 0.112. The van der Waals surface area contributed by atoms with E-state index in [1.54, 1.807) is 42.5 Å². The highest BCUT2D eigenvalue weighted by Gasteiger charge is 2.18. The third-order valence-corrected chi connectivity index (χ3v) is 15.2. The lowest BCUT2D eigenvalue weighted by Gasteiger charge is -2.21. The highest BCUT2D eigenvalue weighted by molar-refractivity contribution is 6.36.